The Kier molecular flexibility index (Phi) is 5.34. The van der Waals surface area contributed by atoms with E-state index in [-0.39, 0.29) is 11.8 Å². The minimum atomic E-state index is -0.633. The molecule has 0 bridgehead atoms. The van der Waals surface area contributed by atoms with Gasteiger partial charge < -0.3 is 10.1 Å². The van der Waals surface area contributed by atoms with Gasteiger partial charge in [0.25, 0.3) is 5.91 Å². The van der Waals surface area contributed by atoms with Crippen molar-refractivity contribution in [1.82, 2.24) is 5.32 Å². The smallest absolute Gasteiger partial charge is 0.328 e. The molecule has 0 saturated carbocycles. The first kappa shape index (κ1) is 14.7. The molecule has 1 amide bonds. The van der Waals surface area contributed by atoms with Crippen molar-refractivity contribution >= 4 is 27.8 Å². The fraction of sp³-hybridized carbons (Fsp3) is 0.385. The number of methoxy groups -OCH3 is 1. The van der Waals surface area contributed by atoms with E-state index in [0.29, 0.717) is 5.56 Å². The molecule has 0 aliphatic heterocycles. The Morgan fingerprint density at radius 2 is 1.78 bits per heavy atom. The normalized spacial score (nSPS) is 12.1. The molecular formula is C13H16BrNO3. The number of carbonyl (C=O) groups excluding carboxylic acids is 2. The summed E-state index contributed by atoms with van der Waals surface area (Å²) in [5.74, 6) is -0.751. The molecule has 1 rings (SSSR count). The van der Waals surface area contributed by atoms with Crippen molar-refractivity contribution in [2.24, 2.45) is 5.92 Å². The van der Waals surface area contributed by atoms with E-state index < -0.39 is 12.0 Å². The van der Waals surface area contributed by atoms with Gasteiger partial charge in [0.15, 0.2) is 0 Å². The molecule has 1 N–H and O–H groups in total. The van der Waals surface area contributed by atoms with Crippen LogP contribution in [0.25, 0.3) is 0 Å². The molecule has 1 atom stereocenters. The van der Waals surface area contributed by atoms with Crippen LogP contribution in [0, 0.1) is 5.92 Å². The molecule has 5 heteroatoms. The van der Waals surface area contributed by atoms with E-state index in [1.807, 2.05) is 13.8 Å². The van der Waals surface area contributed by atoms with E-state index >= 15 is 0 Å². The van der Waals surface area contributed by atoms with E-state index in [1.165, 1.54) is 7.11 Å². The maximum absolute atomic E-state index is 12.0. The lowest BCUT2D eigenvalue weighted by Gasteiger charge is -2.19. The Hall–Kier alpha value is -1.36. The van der Waals surface area contributed by atoms with Crippen molar-refractivity contribution in [2.75, 3.05) is 7.11 Å². The zero-order valence-electron chi connectivity index (χ0n) is 10.6. The lowest BCUT2D eigenvalue weighted by Crippen LogP contribution is -2.45. The number of hydrogen-bond donors (Lipinski definition) is 1. The van der Waals surface area contributed by atoms with Crippen LogP contribution in [0.5, 0.6) is 0 Å². The largest absolute Gasteiger partial charge is 0.467 e. The van der Waals surface area contributed by atoms with Crippen LogP contribution in [0.2, 0.25) is 0 Å². The number of hydrogen-bond acceptors (Lipinski definition) is 3. The molecule has 0 aromatic heterocycles. The minimum absolute atomic E-state index is 0.0307. The van der Waals surface area contributed by atoms with Gasteiger partial charge in [0.1, 0.15) is 6.04 Å². The molecule has 0 saturated heterocycles. The fourth-order valence-electron chi connectivity index (χ4n) is 1.45. The van der Waals surface area contributed by atoms with Crippen LogP contribution < -0.4 is 5.32 Å². The highest BCUT2D eigenvalue weighted by Gasteiger charge is 2.25. The summed E-state index contributed by atoms with van der Waals surface area (Å²) in [4.78, 5) is 23.5. The summed E-state index contributed by atoms with van der Waals surface area (Å²) in [6.45, 7) is 3.70. The third kappa shape index (κ3) is 3.84. The summed E-state index contributed by atoms with van der Waals surface area (Å²) in [7, 11) is 1.31. The Morgan fingerprint density at radius 1 is 1.22 bits per heavy atom. The molecule has 0 aliphatic rings. The summed E-state index contributed by atoms with van der Waals surface area (Å²) in [6, 6.07) is 6.29. The van der Waals surface area contributed by atoms with Crippen molar-refractivity contribution < 1.29 is 14.3 Å². The molecular weight excluding hydrogens is 298 g/mol. The number of halogens is 1. The second-order valence-corrected chi connectivity index (χ2v) is 5.14. The summed E-state index contributed by atoms with van der Waals surface area (Å²) < 4.78 is 5.56. The quantitative estimate of drug-likeness (QED) is 0.868. The molecule has 18 heavy (non-hydrogen) atoms. The summed E-state index contributed by atoms with van der Waals surface area (Å²) in [6.07, 6.45) is 0. The molecule has 0 aliphatic carbocycles. The first-order valence-electron chi connectivity index (χ1n) is 5.60. The minimum Gasteiger partial charge on any atom is -0.467 e. The average molecular weight is 314 g/mol. The van der Waals surface area contributed by atoms with Gasteiger partial charge in [-0.05, 0) is 30.2 Å². The molecule has 0 radical (unpaired) electrons. The van der Waals surface area contributed by atoms with E-state index in [0.717, 1.165) is 4.47 Å². The monoisotopic (exact) mass is 313 g/mol. The van der Waals surface area contributed by atoms with E-state index in [1.54, 1.807) is 24.3 Å². The molecule has 98 valence electrons. The second kappa shape index (κ2) is 6.54. The van der Waals surface area contributed by atoms with Crippen LogP contribution in [0.3, 0.4) is 0 Å². The average Bonchev–Trinajstić information content (AvgIpc) is 2.35. The lowest BCUT2D eigenvalue weighted by atomic mass is 10.0. The molecule has 1 aromatic rings. The number of nitrogens with one attached hydrogen (secondary N) is 1. The zero-order chi connectivity index (χ0) is 13.7. The van der Waals surface area contributed by atoms with Gasteiger partial charge in [0.05, 0.1) is 7.11 Å². The van der Waals surface area contributed by atoms with Gasteiger partial charge in [-0.25, -0.2) is 4.79 Å². The highest BCUT2D eigenvalue weighted by atomic mass is 79.9. The van der Waals surface area contributed by atoms with Gasteiger partial charge >= 0.3 is 5.97 Å². The van der Waals surface area contributed by atoms with Crippen LogP contribution in [0.4, 0.5) is 0 Å². The third-order valence-electron chi connectivity index (χ3n) is 2.51. The van der Waals surface area contributed by atoms with Gasteiger partial charge in [0, 0.05) is 10.0 Å². The van der Waals surface area contributed by atoms with Gasteiger partial charge in [-0.2, -0.15) is 0 Å². The van der Waals surface area contributed by atoms with Crippen LogP contribution in [0.15, 0.2) is 28.7 Å². The number of amides is 1. The Labute approximate surface area is 115 Å². The number of rotatable bonds is 4. The maximum atomic E-state index is 12.0. The van der Waals surface area contributed by atoms with Crippen LogP contribution in [-0.2, 0) is 9.53 Å². The third-order valence-corrected chi connectivity index (χ3v) is 3.04. The molecule has 0 unspecified atom stereocenters. The van der Waals surface area contributed by atoms with E-state index in [2.05, 4.69) is 26.0 Å². The Morgan fingerprint density at radius 3 is 2.22 bits per heavy atom. The number of ether oxygens (including phenoxy) is 1. The molecule has 1 aromatic carbocycles. The SMILES string of the molecule is COC(=O)[C@@H](NC(=O)c1ccc(Br)cc1)C(C)C. The highest BCUT2D eigenvalue weighted by molar-refractivity contribution is 9.10. The number of esters is 1. The van der Waals surface area contributed by atoms with Crippen LogP contribution in [-0.4, -0.2) is 25.0 Å². The summed E-state index contributed by atoms with van der Waals surface area (Å²) in [5.41, 5.74) is 0.507. The highest BCUT2D eigenvalue weighted by Crippen LogP contribution is 2.11. The van der Waals surface area contributed by atoms with Gasteiger partial charge in [-0.3, -0.25) is 4.79 Å². The van der Waals surface area contributed by atoms with Crippen molar-refractivity contribution in [3.05, 3.63) is 34.3 Å². The van der Waals surface area contributed by atoms with Crippen molar-refractivity contribution in [2.45, 2.75) is 19.9 Å². The Bertz CT molecular complexity index is 428. The Balaban J connectivity index is 2.78. The van der Waals surface area contributed by atoms with E-state index in [9.17, 15) is 9.59 Å². The number of benzene rings is 1. The molecule has 0 heterocycles. The summed E-state index contributed by atoms with van der Waals surface area (Å²) in [5, 5.41) is 2.67. The van der Waals surface area contributed by atoms with Crippen molar-refractivity contribution in [3.8, 4) is 0 Å². The van der Waals surface area contributed by atoms with Crippen LogP contribution >= 0.6 is 15.9 Å². The van der Waals surface area contributed by atoms with Crippen LogP contribution in [0.1, 0.15) is 24.2 Å². The van der Waals surface area contributed by atoms with Crippen molar-refractivity contribution in [1.29, 1.82) is 0 Å². The predicted molar refractivity (Wildman–Crippen MR) is 72.3 cm³/mol. The van der Waals surface area contributed by atoms with Gasteiger partial charge in [-0.15, -0.1) is 0 Å². The molecule has 0 spiro atoms. The predicted octanol–water partition coefficient (Wildman–Crippen LogP) is 2.38. The first-order valence-corrected chi connectivity index (χ1v) is 6.39. The standard InChI is InChI=1S/C13H16BrNO3/c1-8(2)11(13(17)18-3)15-12(16)9-4-6-10(14)7-5-9/h4-8,11H,1-3H3,(H,15,16)/t11-/m0/s1. The van der Waals surface area contributed by atoms with E-state index in [4.69, 9.17) is 0 Å². The summed E-state index contributed by atoms with van der Waals surface area (Å²) >= 11 is 3.30. The first-order chi connectivity index (χ1) is 8.45. The van der Waals surface area contributed by atoms with Gasteiger partial charge in [0.2, 0.25) is 0 Å². The number of carbonyl (C=O) groups is 2. The molecule has 4 nitrogen and oxygen atoms in total. The topological polar surface area (TPSA) is 55.4 Å². The fourth-order valence-corrected chi connectivity index (χ4v) is 1.71. The zero-order valence-corrected chi connectivity index (χ0v) is 12.2. The maximum Gasteiger partial charge on any atom is 0.328 e. The second-order valence-electron chi connectivity index (χ2n) is 4.23. The van der Waals surface area contributed by atoms with Gasteiger partial charge in [-0.1, -0.05) is 29.8 Å². The lowest BCUT2D eigenvalue weighted by molar-refractivity contribution is -0.144. The van der Waals surface area contributed by atoms with Crippen molar-refractivity contribution in [3.63, 3.8) is 0 Å². The molecule has 0 fully saturated rings.